The molecule has 1 atom stereocenters. The summed E-state index contributed by atoms with van der Waals surface area (Å²) in [6, 6.07) is 9.51. The lowest BCUT2D eigenvalue weighted by molar-refractivity contribution is 0.288. The van der Waals surface area contributed by atoms with Crippen LogP contribution in [0.25, 0.3) is 0 Å². The van der Waals surface area contributed by atoms with Crippen LogP contribution in [0.4, 0.5) is 4.39 Å². The molecule has 1 aromatic carbocycles. The maximum atomic E-state index is 13.6. The third kappa shape index (κ3) is 5.82. The largest absolute Gasteiger partial charge is 0.247 e. The molecule has 0 aliphatic heterocycles. The van der Waals surface area contributed by atoms with Crippen LogP contribution in [0, 0.1) is 11.3 Å². The zero-order chi connectivity index (χ0) is 13.2. The predicted molar refractivity (Wildman–Crippen MR) is 73.1 cm³/mol. The molecule has 0 spiro atoms. The maximum absolute atomic E-state index is 13.6. The van der Waals surface area contributed by atoms with Crippen LogP contribution in [-0.2, 0) is 6.42 Å². The van der Waals surface area contributed by atoms with Crippen LogP contribution in [0.1, 0.15) is 56.6 Å². The molecular weight excluding hydrogens is 225 g/mol. The zero-order valence-electron chi connectivity index (χ0n) is 11.2. The number of rotatable bonds is 8. The molecule has 1 nitrogen and oxygen atoms in total. The summed E-state index contributed by atoms with van der Waals surface area (Å²) in [5.74, 6) is 0. The molecule has 0 saturated carbocycles. The molecule has 0 aliphatic carbocycles. The van der Waals surface area contributed by atoms with E-state index in [9.17, 15) is 4.39 Å². The maximum Gasteiger partial charge on any atom is 0.100 e. The van der Waals surface area contributed by atoms with E-state index in [0.717, 1.165) is 24.8 Å². The Morgan fingerprint density at radius 1 is 1.11 bits per heavy atom. The fourth-order valence-electron chi connectivity index (χ4n) is 2.01. The van der Waals surface area contributed by atoms with Gasteiger partial charge in [-0.15, -0.1) is 0 Å². The second kappa shape index (κ2) is 8.69. The Morgan fingerprint density at radius 2 is 1.83 bits per heavy atom. The molecule has 2 heteroatoms. The number of hydrogen-bond acceptors (Lipinski definition) is 1. The Morgan fingerprint density at radius 3 is 2.44 bits per heavy atom. The molecule has 0 radical (unpaired) electrons. The molecule has 0 amide bonds. The first-order valence-corrected chi connectivity index (χ1v) is 6.89. The monoisotopic (exact) mass is 247 g/mol. The Bertz CT molecular complexity index is 364. The van der Waals surface area contributed by atoms with Crippen molar-refractivity contribution in [3.8, 4) is 6.07 Å². The van der Waals surface area contributed by atoms with E-state index in [1.807, 2.05) is 12.1 Å². The molecule has 0 aromatic heterocycles. The molecule has 0 bridgehead atoms. The molecular formula is C16H22FN. The molecule has 0 aliphatic rings. The third-order valence-electron chi connectivity index (χ3n) is 3.20. The van der Waals surface area contributed by atoms with E-state index in [1.165, 1.54) is 12.8 Å². The van der Waals surface area contributed by atoms with E-state index in [-0.39, 0.29) is 0 Å². The molecule has 1 aromatic rings. The molecule has 0 fully saturated rings. The second-order valence-electron chi connectivity index (χ2n) is 4.79. The molecule has 0 saturated heterocycles. The van der Waals surface area contributed by atoms with E-state index in [4.69, 9.17) is 5.26 Å². The standard InChI is InChI=1S/C16H22FN/c1-2-3-4-5-6-16(17)12-11-14-7-9-15(13-18)10-8-14/h7-10,16H,2-6,11-12H2,1H3/t16-/m1/s1. The lowest BCUT2D eigenvalue weighted by atomic mass is 10.0. The summed E-state index contributed by atoms with van der Waals surface area (Å²) in [6.07, 6.45) is 5.92. The van der Waals surface area contributed by atoms with Crippen LogP contribution >= 0.6 is 0 Å². The van der Waals surface area contributed by atoms with E-state index < -0.39 is 6.17 Å². The van der Waals surface area contributed by atoms with Gasteiger partial charge in [0.2, 0.25) is 0 Å². The van der Waals surface area contributed by atoms with Gasteiger partial charge in [0.25, 0.3) is 0 Å². The third-order valence-corrected chi connectivity index (χ3v) is 3.20. The fraction of sp³-hybridized carbons (Fsp3) is 0.562. The topological polar surface area (TPSA) is 23.8 Å². The first-order valence-electron chi connectivity index (χ1n) is 6.89. The van der Waals surface area contributed by atoms with Gasteiger partial charge in [-0.3, -0.25) is 0 Å². The van der Waals surface area contributed by atoms with Gasteiger partial charge in [0.05, 0.1) is 11.6 Å². The van der Waals surface area contributed by atoms with E-state index in [2.05, 4.69) is 13.0 Å². The first-order chi connectivity index (χ1) is 8.76. The van der Waals surface area contributed by atoms with Crippen LogP contribution in [0.15, 0.2) is 24.3 Å². The summed E-state index contributed by atoms with van der Waals surface area (Å²) in [5, 5.41) is 8.68. The van der Waals surface area contributed by atoms with Gasteiger partial charge in [0.15, 0.2) is 0 Å². The zero-order valence-corrected chi connectivity index (χ0v) is 11.2. The highest BCUT2D eigenvalue weighted by atomic mass is 19.1. The van der Waals surface area contributed by atoms with Crippen molar-refractivity contribution in [1.82, 2.24) is 0 Å². The van der Waals surface area contributed by atoms with Gasteiger partial charge in [0, 0.05) is 0 Å². The smallest absolute Gasteiger partial charge is 0.100 e. The fourth-order valence-corrected chi connectivity index (χ4v) is 2.01. The lowest BCUT2D eigenvalue weighted by Gasteiger charge is -2.08. The van der Waals surface area contributed by atoms with Crippen LogP contribution in [-0.4, -0.2) is 6.17 Å². The number of halogens is 1. The highest BCUT2D eigenvalue weighted by Gasteiger charge is 2.06. The van der Waals surface area contributed by atoms with E-state index in [0.29, 0.717) is 18.4 Å². The van der Waals surface area contributed by atoms with Gasteiger partial charge in [0.1, 0.15) is 6.17 Å². The Labute approximate surface area is 110 Å². The van der Waals surface area contributed by atoms with Crippen LogP contribution < -0.4 is 0 Å². The van der Waals surface area contributed by atoms with Gasteiger partial charge in [-0.05, 0) is 37.0 Å². The van der Waals surface area contributed by atoms with Crippen molar-refractivity contribution in [1.29, 1.82) is 5.26 Å². The van der Waals surface area contributed by atoms with Gasteiger partial charge in [-0.1, -0.05) is 44.7 Å². The average molecular weight is 247 g/mol. The van der Waals surface area contributed by atoms with Crippen molar-refractivity contribution in [2.24, 2.45) is 0 Å². The van der Waals surface area contributed by atoms with Gasteiger partial charge in [-0.2, -0.15) is 5.26 Å². The summed E-state index contributed by atoms with van der Waals surface area (Å²) in [5.41, 5.74) is 1.78. The highest BCUT2D eigenvalue weighted by molar-refractivity contribution is 5.31. The molecule has 0 heterocycles. The molecule has 0 unspecified atom stereocenters. The summed E-state index contributed by atoms with van der Waals surface area (Å²) < 4.78 is 13.6. The number of nitrogens with zero attached hydrogens (tertiary/aromatic N) is 1. The van der Waals surface area contributed by atoms with Crippen molar-refractivity contribution in [3.05, 3.63) is 35.4 Å². The normalized spacial score (nSPS) is 12.1. The predicted octanol–water partition coefficient (Wildman–Crippen LogP) is 4.80. The van der Waals surface area contributed by atoms with Crippen molar-refractivity contribution in [2.45, 2.75) is 58.0 Å². The van der Waals surface area contributed by atoms with Crippen LogP contribution in [0.5, 0.6) is 0 Å². The number of nitriles is 1. The number of hydrogen-bond donors (Lipinski definition) is 0. The Balaban J connectivity index is 2.21. The van der Waals surface area contributed by atoms with Crippen molar-refractivity contribution in [2.75, 3.05) is 0 Å². The molecule has 18 heavy (non-hydrogen) atoms. The number of aryl methyl sites for hydroxylation is 1. The van der Waals surface area contributed by atoms with Crippen molar-refractivity contribution >= 4 is 0 Å². The van der Waals surface area contributed by atoms with Gasteiger partial charge < -0.3 is 0 Å². The van der Waals surface area contributed by atoms with E-state index >= 15 is 0 Å². The summed E-state index contributed by atoms with van der Waals surface area (Å²) >= 11 is 0. The lowest BCUT2D eigenvalue weighted by Crippen LogP contribution is -2.02. The van der Waals surface area contributed by atoms with Gasteiger partial charge in [-0.25, -0.2) is 4.39 Å². The Kier molecular flexibility index (Phi) is 7.10. The highest BCUT2D eigenvalue weighted by Crippen LogP contribution is 2.14. The van der Waals surface area contributed by atoms with Crippen LogP contribution in [0.2, 0.25) is 0 Å². The second-order valence-corrected chi connectivity index (χ2v) is 4.79. The van der Waals surface area contributed by atoms with Gasteiger partial charge >= 0.3 is 0 Å². The summed E-state index contributed by atoms with van der Waals surface area (Å²) in [4.78, 5) is 0. The van der Waals surface area contributed by atoms with E-state index in [1.54, 1.807) is 12.1 Å². The first kappa shape index (κ1) is 14.7. The minimum Gasteiger partial charge on any atom is -0.247 e. The SMILES string of the molecule is CCCCCC[C@@H](F)CCc1ccc(C#N)cc1. The quantitative estimate of drug-likeness (QED) is 0.605. The molecule has 0 N–H and O–H groups in total. The van der Waals surface area contributed by atoms with Crippen molar-refractivity contribution in [3.63, 3.8) is 0 Å². The minimum atomic E-state index is -0.683. The molecule has 1 rings (SSSR count). The summed E-state index contributed by atoms with van der Waals surface area (Å²) in [6.45, 7) is 2.16. The number of benzene rings is 1. The molecule has 98 valence electrons. The van der Waals surface area contributed by atoms with Crippen LogP contribution in [0.3, 0.4) is 0 Å². The van der Waals surface area contributed by atoms with Crippen molar-refractivity contribution < 1.29 is 4.39 Å². The number of alkyl halides is 1. The summed E-state index contributed by atoms with van der Waals surface area (Å²) in [7, 11) is 0. The Hall–Kier alpha value is -1.36. The average Bonchev–Trinajstić information content (AvgIpc) is 2.42. The minimum absolute atomic E-state index is 0.595. The number of unbranched alkanes of at least 4 members (excludes halogenated alkanes) is 3.